The molecule has 1 aromatic rings. The van der Waals surface area contributed by atoms with Crippen LogP contribution >= 0.6 is 15.9 Å². The highest BCUT2D eigenvalue weighted by Crippen LogP contribution is 2.33. The van der Waals surface area contributed by atoms with Crippen LogP contribution in [0.4, 0.5) is 0 Å². The van der Waals surface area contributed by atoms with E-state index in [1.165, 1.54) is 12.8 Å². The van der Waals surface area contributed by atoms with Crippen LogP contribution in [0.5, 0.6) is 0 Å². The van der Waals surface area contributed by atoms with Crippen LogP contribution in [0.3, 0.4) is 0 Å². The lowest BCUT2D eigenvalue weighted by Crippen LogP contribution is -2.53. The molecule has 0 spiro atoms. The second-order valence-electron chi connectivity index (χ2n) is 5.42. The standard InChI is InChI=1S/C12H18BrN3O/c13-10-5-14-16(6-10)11-7-15(8-11)9-12(17)3-1-2-4-12/h5-6,11,17H,1-4,7-9H2. The monoisotopic (exact) mass is 299 g/mol. The molecule has 2 aliphatic rings. The summed E-state index contributed by atoms with van der Waals surface area (Å²) in [6.45, 7) is 2.86. The van der Waals surface area contributed by atoms with Crippen molar-refractivity contribution in [2.24, 2.45) is 0 Å². The maximum atomic E-state index is 10.3. The van der Waals surface area contributed by atoms with Crippen LogP contribution in [-0.4, -0.2) is 45.0 Å². The first-order chi connectivity index (χ1) is 8.15. The van der Waals surface area contributed by atoms with Gasteiger partial charge in [-0.15, -0.1) is 0 Å². The Morgan fingerprint density at radius 1 is 1.41 bits per heavy atom. The largest absolute Gasteiger partial charge is 0.389 e. The predicted octanol–water partition coefficient (Wildman–Crippen LogP) is 1.81. The first-order valence-corrected chi connectivity index (χ1v) is 7.08. The van der Waals surface area contributed by atoms with Gasteiger partial charge in [0.2, 0.25) is 0 Å². The van der Waals surface area contributed by atoms with Crippen molar-refractivity contribution in [2.45, 2.75) is 37.3 Å². The number of halogens is 1. The van der Waals surface area contributed by atoms with Gasteiger partial charge in [0.15, 0.2) is 0 Å². The Labute approximate surface area is 110 Å². The predicted molar refractivity (Wildman–Crippen MR) is 68.8 cm³/mol. The lowest BCUT2D eigenvalue weighted by Gasteiger charge is -2.42. The summed E-state index contributed by atoms with van der Waals surface area (Å²) in [6.07, 6.45) is 8.15. The van der Waals surface area contributed by atoms with Crippen molar-refractivity contribution in [3.05, 3.63) is 16.9 Å². The Kier molecular flexibility index (Phi) is 3.00. The van der Waals surface area contributed by atoms with Gasteiger partial charge in [0.1, 0.15) is 0 Å². The second kappa shape index (κ2) is 4.37. The average Bonchev–Trinajstić information content (AvgIpc) is 2.81. The Hall–Kier alpha value is -0.390. The number of aromatic nitrogens is 2. The van der Waals surface area contributed by atoms with E-state index in [2.05, 4.69) is 25.9 Å². The van der Waals surface area contributed by atoms with Crippen molar-refractivity contribution < 1.29 is 5.11 Å². The van der Waals surface area contributed by atoms with Crippen LogP contribution in [0.25, 0.3) is 0 Å². The third-order valence-electron chi connectivity index (χ3n) is 3.93. The van der Waals surface area contributed by atoms with Gasteiger partial charge in [0.05, 0.1) is 22.3 Å². The molecule has 0 aromatic carbocycles. The Morgan fingerprint density at radius 3 is 2.71 bits per heavy atom. The van der Waals surface area contributed by atoms with Gasteiger partial charge in [-0.1, -0.05) is 12.8 Å². The van der Waals surface area contributed by atoms with Gasteiger partial charge in [-0.3, -0.25) is 9.58 Å². The smallest absolute Gasteiger partial charge is 0.0774 e. The topological polar surface area (TPSA) is 41.3 Å². The van der Waals surface area contributed by atoms with Gasteiger partial charge in [0.25, 0.3) is 0 Å². The van der Waals surface area contributed by atoms with Gasteiger partial charge < -0.3 is 5.11 Å². The van der Waals surface area contributed by atoms with Crippen molar-refractivity contribution >= 4 is 15.9 Å². The minimum atomic E-state index is -0.407. The van der Waals surface area contributed by atoms with Gasteiger partial charge in [-0.05, 0) is 28.8 Å². The lowest BCUT2D eigenvalue weighted by atomic mass is 9.98. The number of hydrogen-bond donors (Lipinski definition) is 1. The SMILES string of the molecule is OC1(CN2CC(n3cc(Br)cn3)C2)CCCC1. The number of likely N-dealkylation sites (tertiary alicyclic amines) is 1. The minimum absolute atomic E-state index is 0.407. The van der Waals surface area contributed by atoms with E-state index in [1.54, 1.807) is 0 Å². The minimum Gasteiger partial charge on any atom is -0.389 e. The molecular weight excluding hydrogens is 282 g/mol. The van der Waals surface area contributed by atoms with E-state index in [0.717, 1.165) is 36.9 Å². The highest BCUT2D eigenvalue weighted by molar-refractivity contribution is 9.10. The normalized spacial score (nSPS) is 25.1. The zero-order chi connectivity index (χ0) is 11.9. The Balaban J connectivity index is 1.51. The van der Waals surface area contributed by atoms with Gasteiger partial charge in [-0.25, -0.2) is 0 Å². The third-order valence-corrected chi connectivity index (χ3v) is 4.34. The fraction of sp³-hybridized carbons (Fsp3) is 0.750. The maximum absolute atomic E-state index is 10.3. The molecule has 1 aliphatic carbocycles. The zero-order valence-electron chi connectivity index (χ0n) is 9.85. The molecule has 2 fully saturated rings. The Bertz CT molecular complexity index is 394. The van der Waals surface area contributed by atoms with E-state index in [1.807, 2.05) is 17.1 Å². The first kappa shape index (κ1) is 11.7. The highest BCUT2D eigenvalue weighted by Gasteiger charge is 2.38. The molecule has 1 saturated carbocycles. The molecule has 1 saturated heterocycles. The molecule has 1 aromatic heterocycles. The molecule has 17 heavy (non-hydrogen) atoms. The van der Waals surface area contributed by atoms with Crippen LogP contribution in [-0.2, 0) is 0 Å². The van der Waals surface area contributed by atoms with E-state index >= 15 is 0 Å². The number of rotatable bonds is 3. The molecule has 94 valence electrons. The molecule has 0 atom stereocenters. The molecule has 1 N–H and O–H groups in total. The molecule has 0 bridgehead atoms. The fourth-order valence-corrected chi connectivity index (χ4v) is 3.26. The first-order valence-electron chi connectivity index (χ1n) is 6.29. The molecule has 1 aliphatic heterocycles. The molecule has 0 radical (unpaired) electrons. The van der Waals surface area contributed by atoms with Crippen LogP contribution in [0, 0.1) is 0 Å². The van der Waals surface area contributed by atoms with Crippen LogP contribution in [0.1, 0.15) is 31.7 Å². The molecule has 0 unspecified atom stereocenters. The van der Waals surface area contributed by atoms with Crippen LogP contribution in [0.15, 0.2) is 16.9 Å². The highest BCUT2D eigenvalue weighted by atomic mass is 79.9. The van der Waals surface area contributed by atoms with Gasteiger partial charge in [-0.2, -0.15) is 5.10 Å². The fourth-order valence-electron chi connectivity index (χ4n) is 2.96. The number of aliphatic hydroxyl groups is 1. The third kappa shape index (κ3) is 2.41. The van der Waals surface area contributed by atoms with Crippen molar-refractivity contribution in [1.29, 1.82) is 0 Å². The van der Waals surface area contributed by atoms with Crippen molar-refractivity contribution in [2.75, 3.05) is 19.6 Å². The molecule has 0 amide bonds. The van der Waals surface area contributed by atoms with E-state index < -0.39 is 5.60 Å². The molecule has 5 heteroatoms. The van der Waals surface area contributed by atoms with E-state index in [4.69, 9.17) is 0 Å². The molecule has 2 heterocycles. The van der Waals surface area contributed by atoms with E-state index in [9.17, 15) is 5.11 Å². The summed E-state index contributed by atoms with van der Waals surface area (Å²) in [6, 6.07) is 0.478. The van der Waals surface area contributed by atoms with Crippen LogP contribution < -0.4 is 0 Å². The molecule has 3 rings (SSSR count). The molecular formula is C12H18BrN3O. The summed E-state index contributed by atoms with van der Waals surface area (Å²) in [5, 5.41) is 14.6. The second-order valence-corrected chi connectivity index (χ2v) is 6.33. The maximum Gasteiger partial charge on any atom is 0.0774 e. The quantitative estimate of drug-likeness (QED) is 0.925. The summed E-state index contributed by atoms with van der Waals surface area (Å²) >= 11 is 3.41. The lowest BCUT2D eigenvalue weighted by molar-refractivity contribution is -0.0256. The zero-order valence-corrected chi connectivity index (χ0v) is 11.4. The number of β-amino-alcohol motifs (C(OH)–C–C–N with tert-alkyl or cyclic N) is 1. The van der Waals surface area contributed by atoms with E-state index in [0.29, 0.717) is 6.04 Å². The van der Waals surface area contributed by atoms with Crippen molar-refractivity contribution in [3.63, 3.8) is 0 Å². The number of hydrogen-bond acceptors (Lipinski definition) is 3. The van der Waals surface area contributed by atoms with Gasteiger partial charge >= 0.3 is 0 Å². The summed E-state index contributed by atoms with van der Waals surface area (Å²) in [5.41, 5.74) is -0.407. The van der Waals surface area contributed by atoms with Crippen LogP contribution in [0.2, 0.25) is 0 Å². The number of nitrogens with zero attached hydrogens (tertiary/aromatic N) is 3. The van der Waals surface area contributed by atoms with E-state index in [-0.39, 0.29) is 0 Å². The summed E-state index contributed by atoms with van der Waals surface area (Å²) in [7, 11) is 0. The Morgan fingerprint density at radius 2 is 2.12 bits per heavy atom. The van der Waals surface area contributed by atoms with Crippen molar-refractivity contribution in [1.82, 2.24) is 14.7 Å². The molecule has 4 nitrogen and oxygen atoms in total. The van der Waals surface area contributed by atoms with Gasteiger partial charge in [0, 0.05) is 25.8 Å². The summed E-state index contributed by atoms with van der Waals surface area (Å²) in [5.74, 6) is 0. The average molecular weight is 300 g/mol. The van der Waals surface area contributed by atoms with Crippen molar-refractivity contribution in [3.8, 4) is 0 Å². The summed E-state index contributed by atoms with van der Waals surface area (Å²) in [4.78, 5) is 2.34. The summed E-state index contributed by atoms with van der Waals surface area (Å²) < 4.78 is 3.05.